The summed E-state index contributed by atoms with van der Waals surface area (Å²) in [5.41, 5.74) is 1.37. The molecule has 18 heavy (non-hydrogen) atoms. The topological polar surface area (TPSA) is 58.2 Å². The first-order chi connectivity index (χ1) is 8.70. The first-order valence-corrected chi connectivity index (χ1v) is 6.40. The van der Waals surface area contributed by atoms with Crippen molar-refractivity contribution in [1.82, 2.24) is 5.32 Å². The minimum absolute atomic E-state index is 0.0723. The maximum absolute atomic E-state index is 11.7. The van der Waals surface area contributed by atoms with E-state index in [0.29, 0.717) is 12.1 Å². The molecule has 0 atom stereocenters. The van der Waals surface area contributed by atoms with Crippen LogP contribution in [0.3, 0.4) is 0 Å². The van der Waals surface area contributed by atoms with Crippen LogP contribution < -0.4 is 10.6 Å². The van der Waals surface area contributed by atoms with E-state index in [1.54, 1.807) is 24.3 Å². The average molecular weight is 246 g/mol. The van der Waals surface area contributed by atoms with Gasteiger partial charge in [0.25, 0.3) is 5.91 Å². The molecule has 0 aromatic heterocycles. The molecule has 2 amide bonds. The Balaban J connectivity index is 1.92. The summed E-state index contributed by atoms with van der Waals surface area (Å²) in [6.45, 7) is 2.69. The van der Waals surface area contributed by atoms with Crippen LogP contribution in [-0.4, -0.2) is 18.4 Å². The molecule has 1 fully saturated rings. The monoisotopic (exact) mass is 246 g/mol. The van der Waals surface area contributed by atoms with Crippen LogP contribution in [0, 0.1) is 5.92 Å². The number of rotatable bonds is 5. The van der Waals surface area contributed by atoms with Crippen molar-refractivity contribution in [3.05, 3.63) is 29.8 Å². The molecule has 0 unspecified atom stereocenters. The first-order valence-electron chi connectivity index (χ1n) is 6.40. The largest absolute Gasteiger partial charge is 0.352 e. The molecule has 0 aliphatic heterocycles. The number of nitrogens with one attached hydrogen (secondary N) is 2. The van der Waals surface area contributed by atoms with E-state index in [9.17, 15) is 9.59 Å². The third kappa shape index (κ3) is 3.32. The fourth-order valence-corrected chi connectivity index (χ4v) is 1.64. The van der Waals surface area contributed by atoms with Gasteiger partial charge in [0.2, 0.25) is 5.91 Å². The molecule has 1 aromatic carbocycles. The molecular weight excluding hydrogens is 228 g/mol. The molecule has 0 heterocycles. The second kappa shape index (κ2) is 5.67. The zero-order valence-corrected chi connectivity index (χ0v) is 10.5. The highest BCUT2D eigenvalue weighted by Crippen LogP contribution is 2.30. The highest BCUT2D eigenvalue weighted by atomic mass is 16.2. The van der Waals surface area contributed by atoms with Crippen molar-refractivity contribution in [3.63, 3.8) is 0 Å². The van der Waals surface area contributed by atoms with Crippen LogP contribution in [0.4, 0.5) is 5.69 Å². The van der Waals surface area contributed by atoms with Gasteiger partial charge in [-0.05, 0) is 43.5 Å². The van der Waals surface area contributed by atoms with E-state index in [-0.39, 0.29) is 17.7 Å². The van der Waals surface area contributed by atoms with E-state index in [1.165, 1.54) is 0 Å². The van der Waals surface area contributed by atoms with Gasteiger partial charge in [0.15, 0.2) is 0 Å². The first kappa shape index (κ1) is 12.6. The number of carbonyl (C=O) groups is 2. The van der Waals surface area contributed by atoms with Crippen LogP contribution in [0.1, 0.15) is 36.5 Å². The Morgan fingerprint density at radius 2 is 1.89 bits per heavy atom. The standard InChI is InChI=1S/C14H18N2O2/c1-2-9-15-13(17)10-5-7-12(8-6-10)16-14(18)11-3-4-11/h5-8,11H,2-4,9H2,1H3,(H,15,17)(H,16,18). The maximum Gasteiger partial charge on any atom is 0.251 e. The van der Waals surface area contributed by atoms with Crippen molar-refractivity contribution in [1.29, 1.82) is 0 Å². The summed E-state index contributed by atoms with van der Waals surface area (Å²) in [5.74, 6) is 0.202. The van der Waals surface area contributed by atoms with Gasteiger partial charge < -0.3 is 10.6 Å². The lowest BCUT2D eigenvalue weighted by atomic mass is 10.2. The minimum Gasteiger partial charge on any atom is -0.352 e. The molecule has 4 nitrogen and oxygen atoms in total. The molecule has 1 aromatic rings. The Morgan fingerprint density at radius 1 is 1.22 bits per heavy atom. The van der Waals surface area contributed by atoms with Crippen molar-refractivity contribution < 1.29 is 9.59 Å². The van der Waals surface area contributed by atoms with Crippen LogP contribution >= 0.6 is 0 Å². The Hall–Kier alpha value is -1.84. The van der Waals surface area contributed by atoms with E-state index >= 15 is 0 Å². The predicted octanol–water partition coefficient (Wildman–Crippen LogP) is 2.17. The van der Waals surface area contributed by atoms with Gasteiger partial charge in [-0.25, -0.2) is 0 Å². The predicted molar refractivity (Wildman–Crippen MR) is 70.4 cm³/mol. The molecule has 1 saturated carbocycles. The number of hydrogen-bond acceptors (Lipinski definition) is 2. The van der Waals surface area contributed by atoms with Crippen molar-refractivity contribution in [2.75, 3.05) is 11.9 Å². The summed E-state index contributed by atoms with van der Waals surface area (Å²) < 4.78 is 0. The molecule has 1 aliphatic rings. The quantitative estimate of drug-likeness (QED) is 0.836. The van der Waals surface area contributed by atoms with Gasteiger partial charge in [0, 0.05) is 23.7 Å². The molecule has 0 radical (unpaired) electrons. The third-order valence-electron chi connectivity index (χ3n) is 2.90. The second-order valence-corrected chi connectivity index (χ2v) is 4.60. The van der Waals surface area contributed by atoms with Crippen molar-refractivity contribution in [2.45, 2.75) is 26.2 Å². The SMILES string of the molecule is CCCNC(=O)c1ccc(NC(=O)C2CC2)cc1. The highest BCUT2D eigenvalue weighted by Gasteiger charge is 2.29. The highest BCUT2D eigenvalue weighted by molar-refractivity contribution is 5.96. The number of amides is 2. The smallest absolute Gasteiger partial charge is 0.251 e. The Kier molecular flexibility index (Phi) is 3.97. The molecule has 4 heteroatoms. The molecule has 1 aliphatic carbocycles. The Labute approximate surface area is 107 Å². The van der Waals surface area contributed by atoms with Crippen LogP contribution in [0.5, 0.6) is 0 Å². The van der Waals surface area contributed by atoms with Crippen molar-refractivity contribution in [3.8, 4) is 0 Å². The van der Waals surface area contributed by atoms with Crippen LogP contribution in [-0.2, 0) is 4.79 Å². The van der Waals surface area contributed by atoms with E-state index in [4.69, 9.17) is 0 Å². The van der Waals surface area contributed by atoms with Gasteiger partial charge in [0.1, 0.15) is 0 Å². The van der Waals surface area contributed by atoms with Crippen molar-refractivity contribution >= 4 is 17.5 Å². The molecule has 0 spiro atoms. The number of benzene rings is 1. The van der Waals surface area contributed by atoms with Gasteiger partial charge in [0.05, 0.1) is 0 Å². The molecule has 2 rings (SSSR count). The number of anilines is 1. The lowest BCUT2D eigenvalue weighted by Gasteiger charge is -2.06. The zero-order chi connectivity index (χ0) is 13.0. The van der Waals surface area contributed by atoms with E-state index in [1.807, 2.05) is 6.92 Å². The van der Waals surface area contributed by atoms with Crippen LogP contribution in [0.15, 0.2) is 24.3 Å². The summed E-state index contributed by atoms with van der Waals surface area (Å²) in [4.78, 5) is 23.2. The number of carbonyl (C=O) groups excluding carboxylic acids is 2. The van der Waals surface area contributed by atoms with Gasteiger partial charge >= 0.3 is 0 Å². The third-order valence-corrected chi connectivity index (χ3v) is 2.90. The fourth-order valence-electron chi connectivity index (χ4n) is 1.64. The van der Waals surface area contributed by atoms with E-state index < -0.39 is 0 Å². The summed E-state index contributed by atoms with van der Waals surface area (Å²) in [6.07, 6.45) is 2.90. The fraction of sp³-hybridized carbons (Fsp3) is 0.429. The van der Waals surface area contributed by atoms with E-state index in [2.05, 4.69) is 10.6 Å². The van der Waals surface area contributed by atoms with Gasteiger partial charge in [-0.15, -0.1) is 0 Å². The second-order valence-electron chi connectivity index (χ2n) is 4.60. The Morgan fingerprint density at radius 3 is 2.44 bits per heavy atom. The summed E-state index contributed by atoms with van der Waals surface area (Å²) >= 11 is 0. The molecule has 2 N–H and O–H groups in total. The lowest BCUT2D eigenvalue weighted by Crippen LogP contribution is -2.23. The molecule has 0 saturated heterocycles. The summed E-state index contributed by atoms with van der Waals surface area (Å²) in [5, 5.41) is 5.65. The molecular formula is C14H18N2O2. The minimum atomic E-state index is -0.0723. The normalized spacial score (nSPS) is 14.1. The summed E-state index contributed by atoms with van der Waals surface area (Å²) in [7, 11) is 0. The average Bonchev–Trinajstić information content (AvgIpc) is 3.21. The summed E-state index contributed by atoms with van der Waals surface area (Å²) in [6, 6.07) is 6.99. The zero-order valence-electron chi connectivity index (χ0n) is 10.5. The van der Waals surface area contributed by atoms with E-state index in [0.717, 1.165) is 24.9 Å². The van der Waals surface area contributed by atoms with Crippen LogP contribution in [0.2, 0.25) is 0 Å². The van der Waals surface area contributed by atoms with Gasteiger partial charge in [-0.3, -0.25) is 9.59 Å². The van der Waals surface area contributed by atoms with Crippen LogP contribution in [0.25, 0.3) is 0 Å². The molecule has 0 bridgehead atoms. The van der Waals surface area contributed by atoms with Gasteiger partial charge in [-0.1, -0.05) is 6.92 Å². The Bertz CT molecular complexity index is 436. The number of hydrogen-bond donors (Lipinski definition) is 2. The molecule has 96 valence electrons. The lowest BCUT2D eigenvalue weighted by molar-refractivity contribution is -0.117. The van der Waals surface area contributed by atoms with Crippen molar-refractivity contribution in [2.24, 2.45) is 5.92 Å². The van der Waals surface area contributed by atoms with Gasteiger partial charge in [-0.2, -0.15) is 0 Å². The maximum atomic E-state index is 11.7.